The Morgan fingerprint density at radius 1 is 1.03 bits per heavy atom. The summed E-state index contributed by atoms with van der Waals surface area (Å²) in [5.74, 6) is -1.77. The number of aromatic nitrogens is 5. The van der Waals surface area contributed by atoms with Gasteiger partial charge in [0.05, 0.1) is 11.4 Å². The first-order valence-electron chi connectivity index (χ1n) is 9.34. The van der Waals surface area contributed by atoms with Crippen molar-refractivity contribution >= 4 is 33.6 Å². The first kappa shape index (κ1) is 22.0. The number of nitrogens with zero attached hydrogens (tertiary/aromatic N) is 5. The van der Waals surface area contributed by atoms with Gasteiger partial charge >= 0.3 is 0 Å². The molecule has 0 radical (unpaired) electrons. The number of thioether (sulfide) groups is 1. The van der Waals surface area contributed by atoms with E-state index in [0.717, 1.165) is 16.6 Å². The highest BCUT2D eigenvalue weighted by molar-refractivity contribution is 9.10. The fourth-order valence-electron chi connectivity index (χ4n) is 2.84. The van der Waals surface area contributed by atoms with E-state index < -0.39 is 17.5 Å². The number of benzene rings is 2. The van der Waals surface area contributed by atoms with Crippen molar-refractivity contribution in [2.75, 3.05) is 0 Å². The molecule has 0 bridgehead atoms. The summed E-state index contributed by atoms with van der Waals surface area (Å²) in [6, 6.07) is 12.6. The van der Waals surface area contributed by atoms with Gasteiger partial charge in [0.15, 0.2) is 10.9 Å². The van der Waals surface area contributed by atoms with Gasteiger partial charge in [-0.25, -0.2) is 23.4 Å². The molecule has 0 saturated heterocycles. The van der Waals surface area contributed by atoms with E-state index in [2.05, 4.69) is 41.5 Å². The summed E-state index contributed by atoms with van der Waals surface area (Å²) in [6.07, 6.45) is 3.24. The van der Waals surface area contributed by atoms with Crippen molar-refractivity contribution < 1.29 is 13.6 Å². The second kappa shape index (κ2) is 9.96. The summed E-state index contributed by atoms with van der Waals surface area (Å²) >= 11 is 4.70. The summed E-state index contributed by atoms with van der Waals surface area (Å²) < 4.78 is 30.2. The zero-order valence-corrected chi connectivity index (χ0v) is 18.8. The molecule has 0 fully saturated rings. The van der Waals surface area contributed by atoms with Crippen LogP contribution in [0.5, 0.6) is 0 Å². The molecule has 7 nitrogen and oxygen atoms in total. The van der Waals surface area contributed by atoms with Gasteiger partial charge < -0.3 is 5.32 Å². The number of halogens is 3. The molecule has 2 heterocycles. The molecule has 0 atom stereocenters. The fourth-order valence-corrected chi connectivity index (χ4v) is 3.90. The van der Waals surface area contributed by atoms with Gasteiger partial charge in [-0.05, 0) is 42.5 Å². The third-order valence-corrected chi connectivity index (χ3v) is 5.83. The SMILES string of the molecule is O=C(NCc1c(F)cccc1F)c1nnn(-c2ccc(Br)cc2)c1CSc1ncccn1. The Balaban J connectivity index is 1.61. The number of hydrogen-bond acceptors (Lipinski definition) is 6. The van der Waals surface area contributed by atoms with Gasteiger partial charge in [0.2, 0.25) is 0 Å². The molecule has 32 heavy (non-hydrogen) atoms. The van der Waals surface area contributed by atoms with Gasteiger partial charge in [-0.1, -0.05) is 39.0 Å². The lowest BCUT2D eigenvalue weighted by Crippen LogP contribution is -2.25. The highest BCUT2D eigenvalue weighted by Crippen LogP contribution is 2.24. The van der Waals surface area contributed by atoms with E-state index >= 15 is 0 Å². The number of nitrogens with one attached hydrogen (secondary N) is 1. The summed E-state index contributed by atoms with van der Waals surface area (Å²) in [4.78, 5) is 21.2. The third-order valence-electron chi connectivity index (χ3n) is 4.42. The minimum atomic E-state index is -0.735. The van der Waals surface area contributed by atoms with Crippen molar-refractivity contribution in [1.29, 1.82) is 0 Å². The first-order valence-corrected chi connectivity index (χ1v) is 11.1. The van der Waals surface area contributed by atoms with E-state index in [4.69, 9.17) is 0 Å². The van der Waals surface area contributed by atoms with Crippen LogP contribution in [0.15, 0.2) is 70.6 Å². The number of hydrogen-bond donors (Lipinski definition) is 1. The zero-order valence-electron chi connectivity index (χ0n) is 16.4. The van der Waals surface area contributed by atoms with Crippen LogP contribution in [-0.2, 0) is 12.3 Å². The summed E-state index contributed by atoms with van der Waals surface area (Å²) in [5, 5.41) is 11.2. The minimum Gasteiger partial charge on any atom is -0.346 e. The van der Waals surface area contributed by atoms with E-state index in [-0.39, 0.29) is 17.8 Å². The molecule has 2 aromatic carbocycles. The van der Waals surface area contributed by atoms with Crippen molar-refractivity contribution in [2.45, 2.75) is 17.5 Å². The largest absolute Gasteiger partial charge is 0.346 e. The van der Waals surface area contributed by atoms with Crippen LogP contribution in [0, 0.1) is 11.6 Å². The second-order valence-electron chi connectivity index (χ2n) is 6.48. The summed E-state index contributed by atoms with van der Waals surface area (Å²) in [5.41, 5.74) is 1.02. The molecular formula is C21H15BrF2N6OS. The molecule has 2 aromatic heterocycles. The topological polar surface area (TPSA) is 85.6 Å². The molecule has 0 unspecified atom stereocenters. The molecule has 11 heteroatoms. The molecule has 1 N–H and O–H groups in total. The Kier molecular flexibility index (Phi) is 6.86. The van der Waals surface area contributed by atoms with Crippen molar-refractivity contribution in [3.05, 3.63) is 94.0 Å². The normalized spacial score (nSPS) is 10.8. The van der Waals surface area contributed by atoms with Gasteiger partial charge in [0.25, 0.3) is 5.91 Å². The molecule has 4 aromatic rings. The smallest absolute Gasteiger partial charge is 0.274 e. The Labute approximate surface area is 194 Å². The molecule has 0 aliphatic rings. The highest BCUT2D eigenvalue weighted by Gasteiger charge is 2.22. The van der Waals surface area contributed by atoms with Crippen LogP contribution in [0.1, 0.15) is 21.7 Å². The van der Waals surface area contributed by atoms with Crippen molar-refractivity contribution in [1.82, 2.24) is 30.3 Å². The van der Waals surface area contributed by atoms with E-state index in [1.807, 2.05) is 24.3 Å². The molecule has 0 aliphatic carbocycles. The molecule has 0 aliphatic heterocycles. The lowest BCUT2D eigenvalue weighted by atomic mass is 10.2. The van der Waals surface area contributed by atoms with Crippen LogP contribution in [0.3, 0.4) is 0 Å². The molecular weight excluding hydrogens is 502 g/mol. The van der Waals surface area contributed by atoms with Gasteiger partial charge in [0.1, 0.15) is 11.6 Å². The van der Waals surface area contributed by atoms with Crippen molar-refractivity contribution in [2.24, 2.45) is 0 Å². The number of amides is 1. The van der Waals surface area contributed by atoms with E-state index in [1.165, 1.54) is 17.8 Å². The summed E-state index contributed by atoms with van der Waals surface area (Å²) in [7, 11) is 0. The van der Waals surface area contributed by atoms with Crippen LogP contribution in [-0.4, -0.2) is 30.9 Å². The van der Waals surface area contributed by atoms with E-state index in [9.17, 15) is 13.6 Å². The predicted octanol–water partition coefficient (Wildman–Crippen LogP) is 4.32. The maximum atomic E-state index is 13.9. The molecule has 1 amide bonds. The van der Waals surface area contributed by atoms with Crippen LogP contribution >= 0.6 is 27.7 Å². The number of rotatable bonds is 7. The second-order valence-corrected chi connectivity index (χ2v) is 8.33. The fraction of sp³-hybridized carbons (Fsp3) is 0.0952. The van der Waals surface area contributed by atoms with Crippen molar-refractivity contribution in [3.8, 4) is 5.69 Å². The number of carbonyl (C=O) groups excluding carboxylic acids is 1. The maximum absolute atomic E-state index is 13.9. The molecule has 0 spiro atoms. The Bertz CT molecular complexity index is 1220. The van der Waals surface area contributed by atoms with E-state index in [1.54, 1.807) is 23.1 Å². The monoisotopic (exact) mass is 516 g/mol. The van der Waals surface area contributed by atoms with Crippen LogP contribution < -0.4 is 5.32 Å². The molecule has 0 saturated carbocycles. The van der Waals surface area contributed by atoms with Gasteiger partial charge in [0, 0.05) is 34.7 Å². The van der Waals surface area contributed by atoms with Crippen LogP contribution in [0.2, 0.25) is 0 Å². The Hall–Kier alpha value is -3.18. The lowest BCUT2D eigenvalue weighted by Gasteiger charge is -2.09. The first-order chi connectivity index (χ1) is 15.5. The molecule has 4 rings (SSSR count). The maximum Gasteiger partial charge on any atom is 0.274 e. The average Bonchev–Trinajstić information content (AvgIpc) is 3.22. The van der Waals surface area contributed by atoms with Crippen LogP contribution in [0.25, 0.3) is 5.69 Å². The summed E-state index contributed by atoms with van der Waals surface area (Å²) in [6.45, 7) is -0.323. The Morgan fingerprint density at radius 2 is 1.72 bits per heavy atom. The van der Waals surface area contributed by atoms with Gasteiger partial charge in [-0.15, -0.1) is 5.10 Å². The number of carbonyl (C=O) groups is 1. The van der Waals surface area contributed by atoms with Gasteiger partial charge in [-0.2, -0.15) is 0 Å². The van der Waals surface area contributed by atoms with Gasteiger partial charge in [-0.3, -0.25) is 4.79 Å². The highest BCUT2D eigenvalue weighted by atomic mass is 79.9. The zero-order chi connectivity index (χ0) is 22.5. The van der Waals surface area contributed by atoms with Crippen molar-refractivity contribution in [3.63, 3.8) is 0 Å². The average molecular weight is 517 g/mol. The predicted molar refractivity (Wildman–Crippen MR) is 118 cm³/mol. The van der Waals surface area contributed by atoms with E-state index in [0.29, 0.717) is 22.3 Å². The minimum absolute atomic E-state index is 0.0492. The standard InChI is InChI=1S/C21H15BrF2N6OS/c22-13-5-7-14(8-6-13)30-18(12-32-21-25-9-2-10-26-21)19(28-29-30)20(31)27-11-15-16(23)3-1-4-17(15)24/h1-10H,11-12H2,(H,27,31). The Morgan fingerprint density at radius 3 is 2.41 bits per heavy atom. The third kappa shape index (κ3) is 5.00. The van der Waals surface area contributed by atoms with Crippen LogP contribution in [0.4, 0.5) is 8.78 Å². The molecule has 162 valence electrons. The quantitative estimate of drug-likeness (QED) is 0.291. The lowest BCUT2D eigenvalue weighted by molar-refractivity contribution is 0.0944.